The summed E-state index contributed by atoms with van der Waals surface area (Å²) in [5, 5.41) is 0.445. The number of hydrogen-bond donors (Lipinski definition) is 0. The van der Waals surface area contributed by atoms with E-state index >= 15 is 0 Å². The number of hydrogen-bond acceptors (Lipinski definition) is 7. The van der Waals surface area contributed by atoms with Crippen LogP contribution in [0.3, 0.4) is 0 Å². The number of fused-ring (bicyclic) bond motifs is 1. The molecule has 156 valence electrons. The maximum atomic E-state index is 12.6. The number of carbonyl (C=O) groups excluding carboxylic acids is 1. The first kappa shape index (κ1) is 20.4. The van der Waals surface area contributed by atoms with E-state index in [1.165, 1.54) is 54.6 Å². The lowest BCUT2D eigenvalue weighted by atomic mass is 10.2. The standard InChI is InChI=1S/C23H16O7S/c24-22-13-8-18-14-20(11-12-21(18)29-22)31(26,27)30-19-9-6-17(7-10-19)23(25)28-15-16-4-2-1-3-5-16/h1-14H,15H2. The predicted octanol–water partition coefficient (Wildman–Crippen LogP) is 3.92. The summed E-state index contributed by atoms with van der Waals surface area (Å²) in [7, 11) is -4.13. The lowest BCUT2D eigenvalue weighted by Gasteiger charge is -2.09. The number of rotatable bonds is 6. The molecule has 0 aliphatic rings. The molecule has 4 rings (SSSR count). The molecule has 1 aromatic heterocycles. The van der Waals surface area contributed by atoms with Crippen LogP contribution in [0.5, 0.6) is 5.75 Å². The van der Waals surface area contributed by atoms with Gasteiger partial charge in [0, 0.05) is 11.5 Å². The van der Waals surface area contributed by atoms with Crippen LogP contribution in [0.2, 0.25) is 0 Å². The van der Waals surface area contributed by atoms with Crippen LogP contribution in [0.1, 0.15) is 15.9 Å². The van der Waals surface area contributed by atoms with Crippen molar-refractivity contribution in [2.45, 2.75) is 11.5 Å². The molecule has 1 heterocycles. The van der Waals surface area contributed by atoms with Gasteiger partial charge in [0.25, 0.3) is 0 Å². The molecule has 0 N–H and O–H groups in total. The van der Waals surface area contributed by atoms with E-state index in [-0.39, 0.29) is 28.4 Å². The third-order valence-corrected chi connectivity index (χ3v) is 5.63. The highest BCUT2D eigenvalue weighted by atomic mass is 32.2. The van der Waals surface area contributed by atoms with Crippen molar-refractivity contribution in [2.24, 2.45) is 0 Å². The van der Waals surface area contributed by atoms with Crippen molar-refractivity contribution in [1.82, 2.24) is 0 Å². The SMILES string of the molecule is O=C(OCc1ccccc1)c1ccc(OS(=O)(=O)c2ccc3oc(=O)ccc3c2)cc1. The van der Waals surface area contributed by atoms with Crippen LogP contribution >= 0.6 is 0 Å². The minimum absolute atomic E-state index is 0.0410. The van der Waals surface area contributed by atoms with Crippen molar-refractivity contribution >= 4 is 27.1 Å². The molecule has 3 aromatic carbocycles. The minimum Gasteiger partial charge on any atom is -0.457 e. The lowest BCUT2D eigenvalue weighted by Crippen LogP contribution is -2.10. The molecule has 7 nitrogen and oxygen atoms in total. The Morgan fingerprint density at radius 2 is 1.61 bits per heavy atom. The molecule has 0 atom stereocenters. The maximum absolute atomic E-state index is 12.6. The molecule has 8 heteroatoms. The lowest BCUT2D eigenvalue weighted by molar-refractivity contribution is 0.0472. The molecular weight excluding hydrogens is 420 g/mol. The molecule has 0 aliphatic carbocycles. The van der Waals surface area contributed by atoms with Gasteiger partial charge >= 0.3 is 21.7 Å². The Morgan fingerprint density at radius 3 is 2.35 bits per heavy atom. The molecule has 0 amide bonds. The highest BCUT2D eigenvalue weighted by molar-refractivity contribution is 7.87. The van der Waals surface area contributed by atoms with E-state index in [1.807, 2.05) is 30.3 Å². The van der Waals surface area contributed by atoms with Crippen molar-refractivity contribution in [1.29, 1.82) is 0 Å². The van der Waals surface area contributed by atoms with E-state index in [2.05, 4.69) is 0 Å². The molecule has 31 heavy (non-hydrogen) atoms. The Hall–Kier alpha value is -3.91. The highest BCUT2D eigenvalue weighted by Crippen LogP contribution is 2.23. The second-order valence-electron chi connectivity index (χ2n) is 6.58. The van der Waals surface area contributed by atoms with E-state index in [0.717, 1.165) is 5.56 Å². The first-order valence-electron chi connectivity index (χ1n) is 9.20. The molecule has 0 unspecified atom stereocenters. The summed E-state index contributed by atoms with van der Waals surface area (Å²) in [5.41, 5.74) is 0.865. The summed E-state index contributed by atoms with van der Waals surface area (Å²) in [6, 6.07) is 21.5. The normalized spacial score (nSPS) is 11.2. The minimum atomic E-state index is -4.13. The van der Waals surface area contributed by atoms with Crippen LogP contribution < -0.4 is 9.81 Å². The summed E-state index contributed by atoms with van der Waals surface area (Å²) in [6.07, 6.45) is 0. The fraction of sp³-hybridized carbons (Fsp3) is 0.0435. The van der Waals surface area contributed by atoms with Gasteiger partial charge < -0.3 is 13.3 Å². The van der Waals surface area contributed by atoms with Gasteiger partial charge in [-0.2, -0.15) is 8.42 Å². The third-order valence-electron chi connectivity index (χ3n) is 4.39. The van der Waals surface area contributed by atoms with Gasteiger partial charge in [-0.15, -0.1) is 0 Å². The molecule has 0 aliphatic heterocycles. The Balaban J connectivity index is 1.46. The van der Waals surface area contributed by atoms with E-state index in [1.54, 1.807) is 0 Å². The van der Waals surface area contributed by atoms with Gasteiger partial charge in [-0.05, 0) is 54.1 Å². The smallest absolute Gasteiger partial charge is 0.339 e. The van der Waals surface area contributed by atoms with Crippen molar-refractivity contribution < 1.29 is 26.5 Å². The average Bonchev–Trinajstić information content (AvgIpc) is 2.78. The summed E-state index contributed by atoms with van der Waals surface area (Å²) in [5.74, 6) is -0.492. The number of esters is 1. The first-order valence-corrected chi connectivity index (χ1v) is 10.6. The Kier molecular flexibility index (Phi) is 5.55. The van der Waals surface area contributed by atoms with Crippen molar-refractivity contribution in [3.8, 4) is 5.75 Å². The van der Waals surface area contributed by atoms with Crippen LogP contribution in [-0.2, 0) is 21.5 Å². The van der Waals surface area contributed by atoms with E-state index < -0.39 is 21.7 Å². The van der Waals surface area contributed by atoms with Crippen LogP contribution in [-0.4, -0.2) is 14.4 Å². The third kappa shape index (κ3) is 4.81. The van der Waals surface area contributed by atoms with E-state index in [4.69, 9.17) is 13.3 Å². The average molecular weight is 436 g/mol. The monoisotopic (exact) mass is 436 g/mol. The van der Waals surface area contributed by atoms with E-state index in [9.17, 15) is 18.0 Å². The van der Waals surface area contributed by atoms with Crippen molar-refractivity contribution in [3.05, 3.63) is 106 Å². The van der Waals surface area contributed by atoms with Gasteiger partial charge in [0.15, 0.2) is 0 Å². The van der Waals surface area contributed by atoms with Crippen LogP contribution in [0, 0.1) is 0 Å². The van der Waals surface area contributed by atoms with Gasteiger partial charge in [-0.1, -0.05) is 30.3 Å². The highest BCUT2D eigenvalue weighted by Gasteiger charge is 2.18. The summed E-state index contributed by atoms with van der Waals surface area (Å²) in [4.78, 5) is 23.3. The quantitative estimate of drug-likeness (QED) is 0.257. The molecular formula is C23H16O7S. The summed E-state index contributed by atoms with van der Waals surface area (Å²) < 4.78 is 40.6. The molecule has 0 fully saturated rings. The second-order valence-corrected chi connectivity index (χ2v) is 8.12. The Labute approximate surface area is 177 Å². The first-order chi connectivity index (χ1) is 14.9. The maximum Gasteiger partial charge on any atom is 0.339 e. The number of carbonyl (C=O) groups is 1. The zero-order chi connectivity index (χ0) is 21.8. The fourth-order valence-corrected chi connectivity index (χ4v) is 3.80. The van der Waals surface area contributed by atoms with Crippen LogP contribution in [0.4, 0.5) is 0 Å². The largest absolute Gasteiger partial charge is 0.457 e. The van der Waals surface area contributed by atoms with Gasteiger partial charge in [0.2, 0.25) is 0 Å². The molecule has 0 bridgehead atoms. The number of benzene rings is 3. The van der Waals surface area contributed by atoms with Gasteiger partial charge in [0.05, 0.1) is 5.56 Å². The number of ether oxygens (including phenoxy) is 1. The molecule has 0 radical (unpaired) electrons. The van der Waals surface area contributed by atoms with Crippen LogP contribution in [0.15, 0.2) is 99.0 Å². The molecule has 0 saturated carbocycles. The van der Waals surface area contributed by atoms with E-state index in [0.29, 0.717) is 5.39 Å². The molecule has 4 aromatic rings. The fourth-order valence-electron chi connectivity index (χ4n) is 2.83. The van der Waals surface area contributed by atoms with Crippen molar-refractivity contribution in [3.63, 3.8) is 0 Å². The zero-order valence-electron chi connectivity index (χ0n) is 16.1. The topological polar surface area (TPSA) is 99.9 Å². The molecule has 0 spiro atoms. The van der Waals surface area contributed by atoms with Gasteiger partial charge in [-0.3, -0.25) is 0 Å². The molecule has 0 saturated heterocycles. The van der Waals surface area contributed by atoms with Gasteiger partial charge in [0.1, 0.15) is 22.8 Å². The Bertz CT molecular complexity index is 1390. The second kappa shape index (κ2) is 8.45. The summed E-state index contributed by atoms with van der Waals surface area (Å²) >= 11 is 0. The van der Waals surface area contributed by atoms with Gasteiger partial charge in [-0.25, -0.2) is 9.59 Å². The zero-order valence-corrected chi connectivity index (χ0v) is 16.9. The predicted molar refractivity (Wildman–Crippen MR) is 112 cm³/mol. The van der Waals surface area contributed by atoms with Crippen molar-refractivity contribution in [2.75, 3.05) is 0 Å². The Morgan fingerprint density at radius 1 is 0.871 bits per heavy atom. The van der Waals surface area contributed by atoms with Crippen LogP contribution in [0.25, 0.3) is 11.0 Å². The summed E-state index contributed by atoms with van der Waals surface area (Å²) in [6.45, 7) is 0.133.